The first-order chi connectivity index (χ1) is 13.7. The number of benzene rings is 3. The molecule has 1 heterocycles. The van der Waals surface area contributed by atoms with E-state index < -0.39 is 4.92 Å². The fourth-order valence-corrected chi connectivity index (χ4v) is 3.12. The van der Waals surface area contributed by atoms with E-state index in [1.54, 1.807) is 25.3 Å². The highest BCUT2D eigenvalue weighted by atomic mass is 16.6. The van der Waals surface area contributed by atoms with Gasteiger partial charge in [-0.2, -0.15) is 0 Å². The zero-order valence-corrected chi connectivity index (χ0v) is 15.0. The first kappa shape index (κ1) is 17.5. The van der Waals surface area contributed by atoms with Gasteiger partial charge in [-0.25, -0.2) is 0 Å². The van der Waals surface area contributed by atoms with Crippen molar-refractivity contribution in [2.24, 2.45) is 0 Å². The predicted octanol–water partition coefficient (Wildman–Crippen LogP) is 5.59. The average Bonchev–Trinajstić information content (AvgIpc) is 3.19. The fourth-order valence-electron chi connectivity index (χ4n) is 3.12. The Kier molecular flexibility index (Phi) is 4.60. The summed E-state index contributed by atoms with van der Waals surface area (Å²) in [6, 6.07) is 23.5. The van der Waals surface area contributed by atoms with Crippen molar-refractivity contribution in [2.75, 3.05) is 7.11 Å². The zero-order valence-electron chi connectivity index (χ0n) is 15.0. The number of para-hydroxylation sites is 1. The van der Waals surface area contributed by atoms with E-state index in [4.69, 9.17) is 9.26 Å². The van der Waals surface area contributed by atoms with Gasteiger partial charge in [0, 0.05) is 11.6 Å². The summed E-state index contributed by atoms with van der Waals surface area (Å²) >= 11 is 0. The molecule has 0 aliphatic rings. The lowest BCUT2D eigenvalue weighted by Gasteiger charge is -2.06. The highest BCUT2D eigenvalue weighted by Crippen LogP contribution is 2.42. The monoisotopic (exact) mass is 372 g/mol. The lowest BCUT2D eigenvalue weighted by molar-refractivity contribution is -0.384. The van der Waals surface area contributed by atoms with Crippen LogP contribution in [0.25, 0.3) is 33.7 Å². The number of nitro groups is 1. The normalized spacial score (nSPS) is 10.6. The van der Waals surface area contributed by atoms with E-state index in [9.17, 15) is 10.1 Å². The maximum atomic E-state index is 11.5. The first-order valence-corrected chi connectivity index (χ1v) is 8.62. The molecule has 0 amide bonds. The highest BCUT2D eigenvalue weighted by molar-refractivity contribution is 5.92. The molecule has 6 heteroatoms. The van der Waals surface area contributed by atoms with Gasteiger partial charge in [-0.3, -0.25) is 10.1 Å². The van der Waals surface area contributed by atoms with E-state index >= 15 is 0 Å². The maximum absolute atomic E-state index is 11.5. The number of hydrogen-bond acceptors (Lipinski definition) is 5. The second-order valence-corrected chi connectivity index (χ2v) is 6.10. The lowest BCUT2D eigenvalue weighted by Crippen LogP contribution is -1.93. The van der Waals surface area contributed by atoms with Gasteiger partial charge in [0.15, 0.2) is 5.76 Å². The molecule has 1 aromatic heterocycles. The standard InChI is InChI=1S/C22H16N2O4/c1-27-17-13-11-16(12-14-17)22-20(15-7-3-2-4-8-15)21(23-28-22)18-9-5-6-10-19(18)24(25)26/h2-14H,1H3. The van der Waals surface area contributed by atoms with Crippen LogP contribution < -0.4 is 4.74 Å². The summed E-state index contributed by atoms with van der Waals surface area (Å²) in [6.45, 7) is 0. The molecule has 0 saturated carbocycles. The molecule has 0 aliphatic heterocycles. The first-order valence-electron chi connectivity index (χ1n) is 8.62. The second kappa shape index (κ2) is 7.36. The molecule has 0 aliphatic carbocycles. The van der Waals surface area contributed by atoms with Crippen molar-refractivity contribution in [3.05, 3.63) is 89.0 Å². The topological polar surface area (TPSA) is 78.4 Å². The van der Waals surface area contributed by atoms with Gasteiger partial charge in [-0.05, 0) is 35.9 Å². The quantitative estimate of drug-likeness (QED) is 0.337. The molecule has 0 saturated heterocycles. The van der Waals surface area contributed by atoms with Crippen molar-refractivity contribution in [3.63, 3.8) is 0 Å². The van der Waals surface area contributed by atoms with Crippen LogP contribution in [0.1, 0.15) is 0 Å². The van der Waals surface area contributed by atoms with Crippen molar-refractivity contribution in [1.29, 1.82) is 0 Å². The summed E-state index contributed by atoms with van der Waals surface area (Å²) in [5, 5.41) is 15.7. The van der Waals surface area contributed by atoms with Gasteiger partial charge < -0.3 is 9.26 Å². The van der Waals surface area contributed by atoms with Crippen molar-refractivity contribution in [3.8, 4) is 39.5 Å². The molecule has 28 heavy (non-hydrogen) atoms. The Morgan fingerprint density at radius 2 is 1.57 bits per heavy atom. The summed E-state index contributed by atoms with van der Waals surface area (Å²) in [5.74, 6) is 1.27. The van der Waals surface area contributed by atoms with E-state index in [1.807, 2.05) is 54.6 Å². The lowest BCUT2D eigenvalue weighted by atomic mass is 9.95. The molecular weight excluding hydrogens is 356 g/mol. The molecule has 0 N–H and O–H groups in total. The SMILES string of the molecule is COc1ccc(-c2onc(-c3ccccc3[N+](=O)[O-])c2-c2ccccc2)cc1. The third-order valence-electron chi connectivity index (χ3n) is 4.46. The smallest absolute Gasteiger partial charge is 0.278 e. The Balaban J connectivity index is 1.96. The van der Waals surface area contributed by atoms with Crippen LogP contribution in [-0.2, 0) is 0 Å². The van der Waals surface area contributed by atoms with Crippen LogP contribution in [0.3, 0.4) is 0 Å². The molecule has 0 unspecified atom stereocenters. The number of rotatable bonds is 5. The van der Waals surface area contributed by atoms with E-state index in [-0.39, 0.29) is 5.69 Å². The third-order valence-corrected chi connectivity index (χ3v) is 4.46. The minimum absolute atomic E-state index is 0.0192. The number of methoxy groups -OCH3 is 1. The Labute approximate surface area is 161 Å². The Morgan fingerprint density at radius 3 is 2.25 bits per heavy atom. The van der Waals surface area contributed by atoms with Crippen molar-refractivity contribution in [1.82, 2.24) is 5.16 Å². The van der Waals surface area contributed by atoms with E-state index in [1.165, 1.54) is 6.07 Å². The maximum Gasteiger partial charge on any atom is 0.278 e. The van der Waals surface area contributed by atoms with Crippen molar-refractivity contribution < 1.29 is 14.2 Å². The van der Waals surface area contributed by atoms with Crippen molar-refractivity contribution in [2.45, 2.75) is 0 Å². The van der Waals surface area contributed by atoms with Crippen LogP contribution in [0.15, 0.2) is 83.4 Å². The Morgan fingerprint density at radius 1 is 0.893 bits per heavy atom. The van der Waals surface area contributed by atoms with Crippen LogP contribution in [0.4, 0.5) is 5.69 Å². The van der Waals surface area contributed by atoms with Gasteiger partial charge in [0.25, 0.3) is 5.69 Å². The van der Waals surface area contributed by atoms with E-state index in [0.717, 1.165) is 16.9 Å². The molecule has 0 fully saturated rings. The summed E-state index contributed by atoms with van der Waals surface area (Å²) in [5.41, 5.74) is 3.20. The summed E-state index contributed by atoms with van der Waals surface area (Å²) in [6.07, 6.45) is 0. The number of hydrogen-bond donors (Lipinski definition) is 0. The third kappa shape index (κ3) is 3.12. The van der Waals surface area contributed by atoms with Crippen LogP contribution in [-0.4, -0.2) is 17.2 Å². The highest BCUT2D eigenvalue weighted by Gasteiger charge is 2.25. The molecule has 6 nitrogen and oxygen atoms in total. The Hall–Kier alpha value is -3.93. The molecule has 0 spiro atoms. The molecule has 138 valence electrons. The van der Waals surface area contributed by atoms with Crippen LogP contribution in [0, 0.1) is 10.1 Å². The number of aromatic nitrogens is 1. The van der Waals surface area contributed by atoms with Gasteiger partial charge in [-0.1, -0.05) is 47.6 Å². The average molecular weight is 372 g/mol. The molecule has 0 radical (unpaired) electrons. The fraction of sp³-hybridized carbons (Fsp3) is 0.0455. The second-order valence-electron chi connectivity index (χ2n) is 6.10. The van der Waals surface area contributed by atoms with Gasteiger partial charge in [0.05, 0.1) is 23.2 Å². The molecule has 4 rings (SSSR count). The largest absolute Gasteiger partial charge is 0.497 e. The Bertz CT molecular complexity index is 1120. The zero-order chi connectivity index (χ0) is 19.5. The molecule has 0 bridgehead atoms. The minimum atomic E-state index is -0.411. The van der Waals surface area contributed by atoms with E-state index in [0.29, 0.717) is 22.6 Å². The van der Waals surface area contributed by atoms with Crippen LogP contribution in [0.5, 0.6) is 5.75 Å². The molecule has 4 aromatic rings. The van der Waals surface area contributed by atoms with Gasteiger partial charge >= 0.3 is 0 Å². The van der Waals surface area contributed by atoms with E-state index in [2.05, 4.69) is 5.16 Å². The van der Waals surface area contributed by atoms with Crippen molar-refractivity contribution >= 4 is 5.69 Å². The van der Waals surface area contributed by atoms with Gasteiger partial charge in [-0.15, -0.1) is 0 Å². The number of ether oxygens (including phenoxy) is 1. The summed E-state index contributed by atoms with van der Waals surface area (Å²) in [7, 11) is 1.60. The number of nitro benzene ring substituents is 1. The van der Waals surface area contributed by atoms with Crippen LogP contribution in [0.2, 0.25) is 0 Å². The van der Waals surface area contributed by atoms with Crippen LogP contribution >= 0.6 is 0 Å². The predicted molar refractivity (Wildman–Crippen MR) is 106 cm³/mol. The summed E-state index contributed by atoms with van der Waals surface area (Å²) < 4.78 is 10.9. The van der Waals surface area contributed by atoms with Gasteiger partial charge in [0.1, 0.15) is 11.4 Å². The molecule has 3 aromatic carbocycles. The molecule has 0 atom stereocenters. The van der Waals surface area contributed by atoms with Gasteiger partial charge in [0.2, 0.25) is 0 Å². The minimum Gasteiger partial charge on any atom is -0.497 e. The number of nitrogens with zero attached hydrogens (tertiary/aromatic N) is 2. The summed E-state index contributed by atoms with van der Waals surface area (Å²) in [4.78, 5) is 11.1. The molecular formula is C22H16N2O4.